The van der Waals surface area contributed by atoms with Crippen molar-refractivity contribution >= 4 is 33.2 Å². The lowest BCUT2D eigenvalue weighted by molar-refractivity contribution is 0.0951. The molecule has 0 saturated heterocycles. The highest BCUT2D eigenvalue weighted by atomic mass is 79.9. The first-order valence-electron chi connectivity index (χ1n) is 5.65. The molecule has 2 aromatic rings. The molecule has 1 heterocycles. The summed E-state index contributed by atoms with van der Waals surface area (Å²) in [5.41, 5.74) is 3.14. The third-order valence-corrected chi connectivity index (χ3v) is 4.47. The number of aryl methyl sites for hydroxylation is 1. The van der Waals surface area contributed by atoms with Crippen LogP contribution in [0, 0.1) is 13.8 Å². The highest BCUT2D eigenvalue weighted by Crippen LogP contribution is 2.20. The van der Waals surface area contributed by atoms with E-state index in [1.54, 1.807) is 11.3 Å². The average Bonchev–Trinajstić information content (AvgIpc) is 2.67. The molecule has 4 heteroatoms. The number of halogens is 1. The van der Waals surface area contributed by atoms with Crippen LogP contribution in [0.4, 0.5) is 0 Å². The van der Waals surface area contributed by atoms with Gasteiger partial charge in [0.15, 0.2) is 0 Å². The molecule has 2 nitrogen and oxygen atoms in total. The van der Waals surface area contributed by atoms with Crippen molar-refractivity contribution in [3.05, 3.63) is 55.7 Å². The van der Waals surface area contributed by atoms with Crippen LogP contribution in [0.3, 0.4) is 0 Å². The first kappa shape index (κ1) is 13.3. The number of carbonyl (C=O) groups is 1. The van der Waals surface area contributed by atoms with Crippen LogP contribution in [0.25, 0.3) is 0 Å². The van der Waals surface area contributed by atoms with E-state index in [9.17, 15) is 4.79 Å². The van der Waals surface area contributed by atoms with Gasteiger partial charge in [-0.25, -0.2) is 0 Å². The predicted molar refractivity (Wildman–Crippen MR) is 79.1 cm³/mol. The van der Waals surface area contributed by atoms with Crippen molar-refractivity contribution in [1.82, 2.24) is 5.32 Å². The summed E-state index contributed by atoms with van der Waals surface area (Å²) in [6, 6.07) is 7.40. The summed E-state index contributed by atoms with van der Waals surface area (Å²) in [6.07, 6.45) is 0. The topological polar surface area (TPSA) is 29.1 Å². The van der Waals surface area contributed by atoms with Crippen LogP contribution in [0.15, 0.2) is 34.1 Å². The van der Waals surface area contributed by atoms with Crippen LogP contribution < -0.4 is 5.32 Å². The second-order valence-corrected chi connectivity index (χ2v) is 6.13. The normalized spacial score (nSPS) is 10.4. The molecule has 2 rings (SSSR count). The van der Waals surface area contributed by atoms with Crippen molar-refractivity contribution in [3.8, 4) is 0 Å². The summed E-state index contributed by atoms with van der Waals surface area (Å²) in [5.74, 6) is -0.0421. The van der Waals surface area contributed by atoms with Gasteiger partial charge in [-0.05, 0) is 48.6 Å². The Balaban J connectivity index is 2.03. The van der Waals surface area contributed by atoms with Crippen molar-refractivity contribution in [1.29, 1.82) is 0 Å². The number of benzene rings is 1. The monoisotopic (exact) mass is 323 g/mol. The molecular weight excluding hydrogens is 310 g/mol. The van der Waals surface area contributed by atoms with Gasteiger partial charge in [0, 0.05) is 21.5 Å². The van der Waals surface area contributed by atoms with Gasteiger partial charge in [0.05, 0.1) is 0 Å². The molecular formula is C14H14BrNOS. The van der Waals surface area contributed by atoms with Crippen molar-refractivity contribution in [3.63, 3.8) is 0 Å². The van der Waals surface area contributed by atoms with Crippen molar-refractivity contribution in [2.24, 2.45) is 0 Å². The van der Waals surface area contributed by atoms with Crippen LogP contribution in [-0.4, -0.2) is 5.91 Å². The van der Waals surface area contributed by atoms with Gasteiger partial charge in [0.2, 0.25) is 0 Å². The maximum atomic E-state index is 12.0. The largest absolute Gasteiger partial charge is 0.348 e. The quantitative estimate of drug-likeness (QED) is 0.906. The van der Waals surface area contributed by atoms with Crippen molar-refractivity contribution in [2.75, 3.05) is 0 Å². The van der Waals surface area contributed by atoms with Gasteiger partial charge < -0.3 is 5.32 Å². The zero-order valence-corrected chi connectivity index (χ0v) is 12.7. The zero-order valence-electron chi connectivity index (χ0n) is 10.3. The second-order valence-electron chi connectivity index (χ2n) is 4.14. The minimum atomic E-state index is -0.0421. The molecule has 94 valence electrons. The molecule has 18 heavy (non-hydrogen) atoms. The Kier molecular flexibility index (Phi) is 4.19. The molecule has 1 aromatic carbocycles. The number of nitrogens with one attached hydrogen (secondary N) is 1. The lowest BCUT2D eigenvalue weighted by Crippen LogP contribution is -2.22. The third kappa shape index (κ3) is 3.00. The molecule has 0 spiro atoms. The van der Waals surface area contributed by atoms with Gasteiger partial charge in [-0.2, -0.15) is 0 Å². The number of amides is 1. The fourth-order valence-electron chi connectivity index (χ4n) is 1.64. The second kappa shape index (κ2) is 5.67. The molecule has 0 aliphatic rings. The summed E-state index contributed by atoms with van der Waals surface area (Å²) in [5, 5.41) is 5.05. The Labute approximate surface area is 119 Å². The molecule has 1 N–H and O–H groups in total. The number of rotatable bonds is 3. The van der Waals surface area contributed by atoms with Gasteiger partial charge in [-0.3, -0.25) is 4.79 Å². The molecule has 0 aliphatic heterocycles. The molecule has 0 radical (unpaired) electrons. The Morgan fingerprint density at radius 2 is 2.17 bits per heavy atom. The van der Waals surface area contributed by atoms with Crippen LogP contribution in [0.5, 0.6) is 0 Å². The van der Waals surface area contributed by atoms with E-state index in [1.165, 1.54) is 16.0 Å². The standard InChI is InChI=1S/C14H14BrNOS/c1-9-10(2)18-8-12(9)7-16-14(17)11-4-3-5-13(15)6-11/h3-6,8H,7H2,1-2H3,(H,16,17). The van der Waals surface area contributed by atoms with Gasteiger partial charge in [0.1, 0.15) is 0 Å². The third-order valence-electron chi connectivity index (χ3n) is 2.91. The summed E-state index contributed by atoms with van der Waals surface area (Å²) < 4.78 is 0.915. The van der Waals surface area contributed by atoms with E-state index >= 15 is 0 Å². The molecule has 0 unspecified atom stereocenters. The molecule has 0 bridgehead atoms. The smallest absolute Gasteiger partial charge is 0.251 e. The van der Waals surface area contributed by atoms with Crippen molar-refractivity contribution < 1.29 is 4.79 Å². The van der Waals surface area contributed by atoms with E-state index in [-0.39, 0.29) is 5.91 Å². The first-order chi connectivity index (χ1) is 8.58. The van der Waals surface area contributed by atoms with E-state index in [0.717, 1.165) is 4.47 Å². The van der Waals surface area contributed by atoms with Crippen molar-refractivity contribution in [2.45, 2.75) is 20.4 Å². The maximum absolute atomic E-state index is 12.0. The highest BCUT2D eigenvalue weighted by Gasteiger charge is 2.08. The molecule has 1 amide bonds. The van der Waals surface area contributed by atoms with Crippen LogP contribution in [0.2, 0.25) is 0 Å². The minimum absolute atomic E-state index is 0.0421. The van der Waals surface area contributed by atoms with Gasteiger partial charge >= 0.3 is 0 Å². The zero-order chi connectivity index (χ0) is 13.1. The van der Waals surface area contributed by atoms with Crippen LogP contribution >= 0.6 is 27.3 Å². The van der Waals surface area contributed by atoms with E-state index in [1.807, 2.05) is 24.3 Å². The minimum Gasteiger partial charge on any atom is -0.348 e. The van der Waals surface area contributed by atoms with Crippen LogP contribution in [0.1, 0.15) is 26.4 Å². The van der Waals surface area contributed by atoms with E-state index < -0.39 is 0 Å². The van der Waals surface area contributed by atoms with E-state index in [4.69, 9.17) is 0 Å². The number of hydrogen-bond donors (Lipinski definition) is 1. The summed E-state index contributed by atoms with van der Waals surface area (Å²) >= 11 is 5.09. The Bertz CT molecular complexity index is 577. The van der Waals surface area contributed by atoms with Gasteiger partial charge in [-0.15, -0.1) is 11.3 Å². The van der Waals surface area contributed by atoms with Gasteiger partial charge in [0.25, 0.3) is 5.91 Å². The predicted octanol–water partition coefficient (Wildman–Crippen LogP) is 4.06. The Morgan fingerprint density at radius 1 is 1.39 bits per heavy atom. The molecule has 1 aromatic heterocycles. The lowest BCUT2D eigenvalue weighted by Gasteiger charge is -2.05. The lowest BCUT2D eigenvalue weighted by atomic mass is 10.1. The number of hydrogen-bond acceptors (Lipinski definition) is 2. The number of thiophene rings is 1. The van der Waals surface area contributed by atoms with Gasteiger partial charge in [-0.1, -0.05) is 22.0 Å². The fraction of sp³-hybridized carbons (Fsp3) is 0.214. The Morgan fingerprint density at radius 3 is 2.78 bits per heavy atom. The average molecular weight is 324 g/mol. The fourth-order valence-corrected chi connectivity index (χ4v) is 2.93. The Hall–Kier alpha value is -1.13. The first-order valence-corrected chi connectivity index (χ1v) is 7.32. The van der Waals surface area contributed by atoms with E-state index in [0.29, 0.717) is 12.1 Å². The van der Waals surface area contributed by atoms with E-state index in [2.05, 4.69) is 40.5 Å². The maximum Gasteiger partial charge on any atom is 0.251 e. The molecule has 0 atom stereocenters. The van der Waals surface area contributed by atoms with Crippen LogP contribution in [-0.2, 0) is 6.54 Å². The summed E-state index contributed by atoms with van der Waals surface area (Å²) in [6.45, 7) is 4.77. The summed E-state index contributed by atoms with van der Waals surface area (Å²) in [4.78, 5) is 13.3. The molecule has 0 aliphatic carbocycles. The molecule has 0 saturated carbocycles. The SMILES string of the molecule is Cc1scc(CNC(=O)c2cccc(Br)c2)c1C. The molecule has 0 fully saturated rings. The highest BCUT2D eigenvalue weighted by molar-refractivity contribution is 9.10. The number of carbonyl (C=O) groups excluding carboxylic acids is 1. The summed E-state index contributed by atoms with van der Waals surface area (Å²) in [7, 11) is 0.